The van der Waals surface area contributed by atoms with Crippen LogP contribution >= 0.6 is 28.3 Å². The van der Waals surface area contributed by atoms with E-state index in [-0.39, 0.29) is 24.2 Å². The van der Waals surface area contributed by atoms with Crippen molar-refractivity contribution in [2.45, 2.75) is 25.8 Å². The average Bonchev–Trinajstić information content (AvgIpc) is 2.22. The first-order valence-electron chi connectivity index (χ1n) is 4.92. The number of methoxy groups -OCH3 is 1. The van der Waals surface area contributed by atoms with Crippen LogP contribution in [0.5, 0.6) is 11.5 Å². The van der Waals surface area contributed by atoms with Gasteiger partial charge in [-0.3, -0.25) is 0 Å². The van der Waals surface area contributed by atoms with Gasteiger partial charge in [-0.1, -0.05) is 13.3 Å². The number of halogens is 2. The number of hydrogen-bond acceptors (Lipinski definition) is 3. The topological polar surface area (TPSA) is 55.5 Å². The predicted molar refractivity (Wildman–Crippen MR) is 71.4 cm³/mol. The van der Waals surface area contributed by atoms with Gasteiger partial charge in [-0.05, 0) is 34.5 Å². The molecule has 0 amide bonds. The van der Waals surface area contributed by atoms with E-state index in [4.69, 9.17) is 10.5 Å². The zero-order valence-corrected chi connectivity index (χ0v) is 11.8. The number of ether oxygens (including phenoxy) is 1. The Bertz CT molecular complexity index is 347. The number of phenolic OH excluding ortho intramolecular Hbond substituents is 1. The Balaban J connectivity index is 0.00000225. The van der Waals surface area contributed by atoms with Crippen molar-refractivity contribution in [3.63, 3.8) is 0 Å². The summed E-state index contributed by atoms with van der Waals surface area (Å²) in [5.41, 5.74) is 6.69. The molecule has 5 heteroatoms. The fraction of sp³-hybridized carbons (Fsp3) is 0.455. The quantitative estimate of drug-likeness (QED) is 0.896. The second-order valence-electron chi connectivity index (χ2n) is 3.44. The number of phenols is 1. The summed E-state index contributed by atoms with van der Waals surface area (Å²) in [6, 6.07) is 3.35. The molecule has 0 aliphatic carbocycles. The van der Waals surface area contributed by atoms with E-state index in [1.165, 1.54) is 0 Å². The van der Waals surface area contributed by atoms with Gasteiger partial charge in [-0.15, -0.1) is 12.4 Å². The molecule has 1 atom stereocenters. The molecule has 0 unspecified atom stereocenters. The fourth-order valence-electron chi connectivity index (χ4n) is 1.46. The number of aromatic hydroxyl groups is 1. The second kappa shape index (κ2) is 6.99. The molecule has 0 heterocycles. The molecule has 1 rings (SSSR count). The van der Waals surface area contributed by atoms with Gasteiger partial charge in [-0.25, -0.2) is 0 Å². The molecule has 3 N–H and O–H groups in total. The Morgan fingerprint density at radius 2 is 2.12 bits per heavy atom. The summed E-state index contributed by atoms with van der Waals surface area (Å²) in [6.07, 6.45) is 1.82. The molecule has 0 saturated carbocycles. The minimum atomic E-state index is -0.151. The van der Waals surface area contributed by atoms with Crippen LogP contribution in [0.1, 0.15) is 31.4 Å². The molecule has 0 aliphatic rings. The highest BCUT2D eigenvalue weighted by Crippen LogP contribution is 2.36. The molecule has 1 aromatic rings. The van der Waals surface area contributed by atoms with Crippen LogP contribution in [0, 0.1) is 0 Å². The first-order valence-corrected chi connectivity index (χ1v) is 5.71. The van der Waals surface area contributed by atoms with E-state index in [9.17, 15) is 5.11 Å². The van der Waals surface area contributed by atoms with Crippen molar-refractivity contribution < 1.29 is 9.84 Å². The summed E-state index contributed by atoms with van der Waals surface area (Å²) in [6.45, 7) is 2.06. The van der Waals surface area contributed by atoms with Gasteiger partial charge in [0.15, 0.2) is 0 Å². The molecule has 16 heavy (non-hydrogen) atoms. The maximum absolute atomic E-state index is 9.83. The molecule has 0 aromatic heterocycles. The normalized spacial score (nSPS) is 11.8. The monoisotopic (exact) mass is 309 g/mol. The maximum Gasteiger partial charge on any atom is 0.134 e. The van der Waals surface area contributed by atoms with Crippen molar-refractivity contribution in [3.8, 4) is 11.5 Å². The molecule has 0 fully saturated rings. The van der Waals surface area contributed by atoms with E-state index in [2.05, 4.69) is 22.9 Å². The van der Waals surface area contributed by atoms with Crippen LogP contribution in [-0.4, -0.2) is 12.2 Å². The van der Waals surface area contributed by atoms with Crippen LogP contribution < -0.4 is 10.5 Å². The Labute approximate surface area is 111 Å². The lowest BCUT2D eigenvalue weighted by Gasteiger charge is -2.15. The van der Waals surface area contributed by atoms with Crippen LogP contribution in [0.15, 0.2) is 16.6 Å². The van der Waals surface area contributed by atoms with Crippen LogP contribution in [-0.2, 0) is 0 Å². The zero-order chi connectivity index (χ0) is 11.4. The SMILES string of the molecule is CCC[C@@H](N)c1cc(OC)cc(Br)c1O.Cl. The third-order valence-corrected chi connectivity index (χ3v) is 2.91. The Kier molecular flexibility index (Phi) is 6.79. The molecule has 0 spiro atoms. The van der Waals surface area contributed by atoms with Crippen LogP contribution in [0.4, 0.5) is 0 Å². The smallest absolute Gasteiger partial charge is 0.134 e. The van der Waals surface area contributed by atoms with Crippen molar-refractivity contribution in [2.24, 2.45) is 5.73 Å². The maximum atomic E-state index is 9.83. The second-order valence-corrected chi connectivity index (χ2v) is 4.30. The first-order chi connectivity index (χ1) is 7.10. The molecule has 1 aromatic carbocycles. The Morgan fingerprint density at radius 3 is 2.62 bits per heavy atom. The summed E-state index contributed by atoms with van der Waals surface area (Å²) in [4.78, 5) is 0. The Hall–Kier alpha value is -0.450. The van der Waals surface area contributed by atoms with Gasteiger partial charge in [0.05, 0.1) is 11.6 Å². The average molecular weight is 311 g/mol. The van der Waals surface area contributed by atoms with Gasteiger partial charge in [-0.2, -0.15) is 0 Å². The largest absolute Gasteiger partial charge is 0.506 e. The van der Waals surface area contributed by atoms with Crippen LogP contribution in [0.2, 0.25) is 0 Å². The lowest BCUT2D eigenvalue weighted by molar-refractivity contribution is 0.407. The summed E-state index contributed by atoms with van der Waals surface area (Å²) < 4.78 is 5.74. The van der Waals surface area contributed by atoms with Crippen molar-refractivity contribution >= 4 is 28.3 Å². The molecule has 92 valence electrons. The van der Waals surface area contributed by atoms with E-state index in [0.29, 0.717) is 10.2 Å². The van der Waals surface area contributed by atoms with Gasteiger partial charge < -0.3 is 15.6 Å². The Morgan fingerprint density at radius 1 is 1.50 bits per heavy atom. The molecule has 0 saturated heterocycles. The van der Waals surface area contributed by atoms with E-state index < -0.39 is 0 Å². The molecular formula is C11H17BrClNO2. The standard InChI is InChI=1S/C11H16BrNO2.ClH/c1-3-4-10(13)8-5-7(15-2)6-9(12)11(8)14;/h5-6,10,14H,3-4,13H2,1-2H3;1H/t10-;/m1./s1. The van der Waals surface area contributed by atoms with E-state index in [1.807, 2.05) is 0 Å². The highest BCUT2D eigenvalue weighted by atomic mass is 79.9. The van der Waals surface area contributed by atoms with E-state index >= 15 is 0 Å². The van der Waals surface area contributed by atoms with Gasteiger partial charge in [0, 0.05) is 11.6 Å². The third-order valence-electron chi connectivity index (χ3n) is 2.30. The lowest BCUT2D eigenvalue weighted by Crippen LogP contribution is -2.10. The van der Waals surface area contributed by atoms with Crippen molar-refractivity contribution in [1.29, 1.82) is 0 Å². The molecule has 0 radical (unpaired) electrons. The number of benzene rings is 1. The van der Waals surface area contributed by atoms with Gasteiger partial charge in [0.25, 0.3) is 0 Å². The van der Waals surface area contributed by atoms with Crippen molar-refractivity contribution in [1.82, 2.24) is 0 Å². The highest BCUT2D eigenvalue weighted by molar-refractivity contribution is 9.10. The van der Waals surface area contributed by atoms with Crippen molar-refractivity contribution in [2.75, 3.05) is 7.11 Å². The summed E-state index contributed by atoms with van der Waals surface area (Å²) in [5.74, 6) is 0.901. The molecule has 0 bridgehead atoms. The van der Waals surface area contributed by atoms with E-state index in [1.54, 1.807) is 19.2 Å². The molecular weight excluding hydrogens is 293 g/mol. The number of hydrogen-bond donors (Lipinski definition) is 2. The van der Waals surface area contributed by atoms with Gasteiger partial charge >= 0.3 is 0 Å². The minimum Gasteiger partial charge on any atom is -0.506 e. The van der Waals surface area contributed by atoms with Crippen molar-refractivity contribution in [3.05, 3.63) is 22.2 Å². The summed E-state index contributed by atoms with van der Waals surface area (Å²) in [5, 5.41) is 9.83. The first kappa shape index (κ1) is 15.5. The van der Waals surface area contributed by atoms with E-state index in [0.717, 1.165) is 18.4 Å². The molecule has 3 nitrogen and oxygen atoms in total. The predicted octanol–water partition coefficient (Wildman–Crippen LogP) is 3.39. The number of rotatable bonds is 4. The summed E-state index contributed by atoms with van der Waals surface area (Å²) >= 11 is 3.27. The third kappa shape index (κ3) is 3.54. The lowest BCUT2D eigenvalue weighted by atomic mass is 10.0. The highest BCUT2D eigenvalue weighted by Gasteiger charge is 2.14. The van der Waals surface area contributed by atoms with Crippen LogP contribution in [0.25, 0.3) is 0 Å². The molecule has 0 aliphatic heterocycles. The number of nitrogens with two attached hydrogens (primary N) is 1. The van der Waals surface area contributed by atoms with Gasteiger partial charge in [0.2, 0.25) is 0 Å². The van der Waals surface area contributed by atoms with Crippen LogP contribution in [0.3, 0.4) is 0 Å². The van der Waals surface area contributed by atoms with Gasteiger partial charge in [0.1, 0.15) is 11.5 Å². The fourth-order valence-corrected chi connectivity index (χ4v) is 1.92. The zero-order valence-electron chi connectivity index (χ0n) is 9.37. The minimum absolute atomic E-state index is 0. The summed E-state index contributed by atoms with van der Waals surface area (Å²) in [7, 11) is 1.59.